The van der Waals surface area contributed by atoms with Crippen LogP contribution >= 0.6 is 0 Å². The summed E-state index contributed by atoms with van der Waals surface area (Å²) in [4.78, 5) is 0. The van der Waals surface area contributed by atoms with Gasteiger partial charge >= 0.3 is 6.36 Å². The first-order valence-corrected chi connectivity index (χ1v) is 6.01. The van der Waals surface area contributed by atoms with Crippen molar-refractivity contribution in [2.24, 2.45) is 5.73 Å². The van der Waals surface area contributed by atoms with Crippen molar-refractivity contribution in [3.63, 3.8) is 0 Å². The highest BCUT2D eigenvalue weighted by Crippen LogP contribution is 2.23. The maximum atomic E-state index is 11.9. The Balaban J connectivity index is 2.41. The Morgan fingerprint density at radius 3 is 2.33 bits per heavy atom. The molecular formula is C13H18F3NO. The quantitative estimate of drug-likeness (QED) is 0.848. The highest BCUT2D eigenvalue weighted by molar-refractivity contribution is 5.27. The molecule has 1 aromatic rings. The van der Waals surface area contributed by atoms with E-state index in [2.05, 4.69) is 4.74 Å². The zero-order valence-electron chi connectivity index (χ0n) is 10.3. The number of halogens is 3. The second-order valence-electron chi connectivity index (χ2n) is 4.25. The zero-order valence-corrected chi connectivity index (χ0v) is 10.3. The molecule has 0 aromatic heterocycles. The maximum Gasteiger partial charge on any atom is 0.573 e. The highest BCUT2D eigenvalue weighted by Gasteiger charge is 2.30. The van der Waals surface area contributed by atoms with Gasteiger partial charge in [0.05, 0.1) is 0 Å². The third-order valence-electron chi connectivity index (χ3n) is 2.72. The van der Waals surface area contributed by atoms with Crippen LogP contribution in [0.3, 0.4) is 0 Å². The molecule has 0 saturated carbocycles. The minimum atomic E-state index is -4.63. The number of hydrogen-bond acceptors (Lipinski definition) is 2. The van der Waals surface area contributed by atoms with Gasteiger partial charge in [-0.3, -0.25) is 0 Å². The lowest BCUT2D eigenvalue weighted by Gasteiger charge is -2.10. The summed E-state index contributed by atoms with van der Waals surface area (Å²) in [6.07, 6.45) is -1.00. The second kappa shape index (κ2) is 6.64. The Morgan fingerprint density at radius 1 is 1.22 bits per heavy atom. The number of rotatable bonds is 6. The minimum absolute atomic E-state index is 0.184. The van der Waals surface area contributed by atoms with E-state index in [-0.39, 0.29) is 11.8 Å². The van der Waals surface area contributed by atoms with Crippen molar-refractivity contribution in [2.45, 2.75) is 45.0 Å². The van der Waals surface area contributed by atoms with Crippen LogP contribution in [0.25, 0.3) is 0 Å². The fourth-order valence-corrected chi connectivity index (χ4v) is 1.63. The van der Waals surface area contributed by atoms with Crippen LogP contribution in [0.4, 0.5) is 13.2 Å². The molecule has 102 valence electrons. The topological polar surface area (TPSA) is 35.2 Å². The first kappa shape index (κ1) is 14.8. The molecule has 2 N–H and O–H groups in total. The molecule has 0 aliphatic heterocycles. The van der Waals surface area contributed by atoms with Crippen molar-refractivity contribution in [3.05, 3.63) is 29.8 Å². The molecule has 1 atom stereocenters. The maximum absolute atomic E-state index is 11.9. The molecule has 2 nitrogen and oxygen atoms in total. The monoisotopic (exact) mass is 261 g/mol. The standard InChI is InChI=1S/C13H18F3NO/c1-2-11(17)5-3-4-10-6-8-12(9-7-10)18-13(14,15)16/h6-9,11H,2-5,17H2,1H3. The van der Waals surface area contributed by atoms with Crippen molar-refractivity contribution >= 4 is 0 Å². The van der Waals surface area contributed by atoms with Crippen LogP contribution in [-0.2, 0) is 6.42 Å². The average molecular weight is 261 g/mol. The summed E-state index contributed by atoms with van der Waals surface area (Å²) in [5.41, 5.74) is 6.78. The Labute approximate surface area is 105 Å². The molecule has 0 spiro atoms. The summed E-state index contributed by atoms with van der Waals surface area (Å²) in [6, 6.07) is 6.18. The van der Waals surface area contributed by atoms with Crippen molar-refractivity contribution < 1.29 is 17.9 Å². The van der Waals surface area contributed by atoms with Gasteiger partial charge in [-0.2, -0.15) is 0 Å². The summed E-state index contributed by atoms with van der Waals surface area (Å²) in [5, 5.41) is 0. The molecule has 0 fully saturated rings. The van der Waals surface area contributed by atoms with E-state index >= 15 is 0 Å². The molecule has 1 unspecified atom stereocenters. The largest absolute Gasteiger partial charge is 0.573 e. The fourth-order valence-electron chi connectivity index (χ4n) is 1.63. The fraction of sp³-hybridized carbons (Fsp3) is 0.538. The molecular weight excluding hydrogens is 243 g/mol. The molecule has 1 rings (SSSR count). The number of nitrogens with two attached hydrogens (primary N) is 1. The highest BCUT2D eigenvalue weighted by atomic mass is 19.4. The Kier molecular flexibility index (Phi) is 5.47. The van der Waals surface area contributed by atoms with Gasteiger partial charge in [0.2, 0.25) is 0 Å². The summed E-state index contributed by atoms with van der Waals surface area (Å²) in [7, 11) is 0. The third-order valence-corrected chi connectivity index (χ3v) is 2.72. The number of aryl methyl sites for hydroxylation is 1. The summed E-state index contributed by atoms with van der Waals surface area (Å²) in [6.45, 7) is 2.04. The molecule has 0 saturated heterocycles. The normalized spacial score (nSPS) is 13.4. The summed E-state index contributed by atoms with van der Waals surface area (Å²) < 4.78 is 39.6. The summed E-state index contributed by atoms with van der Waals surface area (Å²) in [5.74, 6) is -0.184. The van der Waals surface area contributed by atoms with E-state index in [0.717, 1.165) is 31.2 Å². The number of hydrogen-bond donors (Lipinski definition) is 1. The van der Waals surface area contributed by atoms with Gasteiger partial charge in [0.1, 0.15) is 5.75 Å². The van der Waals surface area contributed by atoms with Gasteiger partial charge in [0, 0.05) is 6.04 Å². The Hall–Kier alpha value is -1.23. The first-order chi connectivity index (χ1) is 8.40. The van der Waals surface area contributed by atoms with Crippen LogP contribution < -0.4 is 10.5 Å². The van der Waals surface area contributed by atoms with E-state index < -0.39 is 6.36 Å². The van der Waals surface area contributed by atoms with Crippen LogP contribution in [0.2, 0.25) is 0 Å². The lowest BCUT2D eigenvalue weighted by atomic mass is 10.0. The van der Waals surface area contributed by atoms with Gasteiger partial charge in [-0.25, -0.2) is 0 Å². The van der Waals surface area contributed by atoms with Crippen molar-refractivity contribution in [1.82, 2.24) is 0 Å². The predicted molar refractivity (Wildman–Crippen MR) is 64.3 cm³/mol. The Morgan fingerprint density at radius 2 is 1.83 bits per heavy atom. The lowest BCUT2D eigenvalue weighted by molar-refractivity contribution is -0.274. The van der Waals surface area contributed by atoms with Crippen LogP contribution in [0, 0.1) is 0 Å². The van der Waals surface area contributed by atoms with Crippen LogP contribution in [0.15, 0.2) is 24.3 Å². The van der Waals surface area contributed by atoms with Gasteiger partial charge in [0.15, 0.2) is 0 Å². The van der Waals surface area contributed by atoms with Crippen LogP contribution in [0.5, 0.6) is 5.75 Å². The van der Waals surface area contributed by atoms with Crippen molar-refractivity contribution in [3.8, 4) is 5.75 Å². The van der Waals surface area contributed by atoms with E-state index in [4.69, 9.17) is 5.73 Å². The van der Waals surface area contributed by atoms with Crippen LogP contribution in [0.1, 0.15) is 31.7 Å². The minimum Gasteiger partial charge on any atom is -0.406 e. The van der Waals surface area contributed by atoms with Crippen molar-refractivity contribution in [1.29, 1.82) is 0 Å². The van der Waals surface area contributed by atoms with Gasteiger partial charge in [-0.05, 0) is 43.4 Å². The van der Waals surface area contributed by atoms with E-state index in [1.807, 2.05) is 6.92 Å². The molecule has 1 aromatic carbocycles. The molecule has 0 aliphatic carbocycles. The smallest absolute Gasteiger partial charge is 0.406 e. The first-order valence-electron chi connectivity index (χ1n) is 6.01. The molecule has 5 heteroatoms. The molecule has 0 radical (unpaired) electrons. The van der Waals surface area contributed by atoms with Crippen LogP contribution in [-0.4, -0.2) is 12.4 Å². The zero-order chi connectivity index (χ0) is 13.6. The molecule has 0 amide bonds. The Bertz CT molecular complexity index is 348. The van der Waals surface area contributed by atoms with E-state index in [1.54, 1.807) is 12.1 Å². The third kappa shape index (κ3) is 5.91. The molecule has 0 aliphatic rings. The van der Waals surface area contributed by atoms with Crippen molar-refractivity contribution in [2.75, 3.05) is 0 Å². The van der Waals surface area contributed by atoms with E-state index in [0.29, 0.717) is 0 Å². The van der Waals surface area contributed by atoms with Gasteiger partial charge < -0.3 is 10.5 Å². The number of benzene rings is 1. The average Bonchev–Trinajstić information content (AvgIpc) is 2.29. The van der Waals surface area contributed by atoms with E-state index in [1.165, 1.54) is 12.1 Å². The van der Waals surface area contributed by atoms with Gasteiger partial charge in [0.25, 0.3) is 0 Å². The van der Waals surface area contributed by atoms with Gasteiger partial charge in [-0.15, -0.1) is 13.2 Å². The SMILES string of the molecule is CCC(N)CCCc1ccc(OC(F)(F)F)cc1. The number of ether oxygens (including phenoxy) is 1. The molecule has 18 heavy (non-hydrogen) atoms. The lowest BCUT2D eigenvalue weighted by Crippen LogP contribution is -2.18. The number of alkyl halides is 3. The summed E-state index contributed by atoms with van der Waals surface area (Å²) >= 11 is 0. The molecule has 0 heterocycles. The predicted octanol–water partition coefficient (Wildman–Crippen LogP) is 3.65. The van der Waals surface area contributed by atoms with Gasteiger partial charge in [-0.1, -0.05) is 19.1 Å². The second-order valence-corrected chi connectivity index (χ2v) is 4.25. The van der Waals surface area contributed by atoms with E-state index in [9.17, 15) is 13.2 Å². The molecule has 0 bridgehead atoms.